The van der Waals surface area contributed by atoms with E-state index in [2.05, 4.69) is 181 Å². The van der Waals surface area contributed by atoms with Crippen LogP contribution in [0.4, 0.5) is 17.1 Å². The summed E-state index contributed by atoms with van der Waals surface area (Å²) in [5, 5.41) is 12.8. The van der Waals surface area contributed by atoms with E-state index in [1.54, 1.807) is 0 Å². The third-order valence-electron chi connectivity index (χ3n) is 9.82. The topological polar surface area (TPSA) is 3.24 Å². The molecule has 0 amide bonds. The molecule has 0 radical (unpaired) electrons. The molecule has 1 heterocycles. The van der Waals surface area contributed by atoms with Crippen LogP contribution in [0.5, 0.6) is 0 Å². The maximum atomic E-state index is 2.41. The van der Waals surface area contributed by atoms with Gasteiger partial charge in [-0.1, -0.05) is 133 Å². The third-order valence-corrected chi connectivity index (χ3v) is 11.0. The summed E-state index contributed by atoms with van der Waals surface area (Å²) in [5.74, 6) is 0. The molecule has 2 heteroatoms. The van der Waals surface area contributed by atoms with E-state index in [1.807, 2.05) is 11.3 Å². The SMILES string of the molecule is c1ccc2c(-c3ccc(N(c4ccc5c(ccc6ccccc65)c4)c4ccc5sc6c7ccccc7ccc6c5c4)cc3)cccc2c1. The van der Waals surface area contributed by atoms with Gasteiger partial charge in [-0.3, -0.25) is 0 Å². The standard InChI is InChI=1S/C46H29NS/c1-4-12-38-30(8-1)11-7-15-40(38)33-18-21-35(22-19-33)47(36-23-26-41-34(28-36)17-16-31-9-2-5-13-39(31)41)37-24-27-45-44(29-37)43-25-20-32-10-3-6-14-42(32)46(43)48-45/h1-29H. The minimum atomic E-state index is 1.13. The molecule has 0 aliphatic heterocycles. The van der Waals surface area contributed by atoms with Crippen LogP contribution in [0.2, 0.25) is 0 Å². The van der Waals surface area contributed by atoms with Gasteiger partial charge in [0.1, 0.15) is 0 Å². The number of thiophene rings is 1. The van der Waals surface area contributed by atoms with E-state index >= 15 is 0 Å². The van der Waals surface area contributed by atoms with Crippen LogP contribution in [0, 0.1) is 0 Å². The van der Waals surface area contributed by atoms with Gasteiger partial charge < -0.3 is 4.90 Å². The van der Waals surface area contributed by atoms with Gasteiger partial charge in [0.15, 0.2) is 0 Å². The highest BCUT2D eigenvalue weighted by molar-refractivity contribution is 7.26. The van der Waals surface area contributed by atoms with Crippen molar-refractivity contribution in [3.8, 4) is 11.1 Å². The Morgan fingerprint density at radius 1 is 0.333 bits per heavy atom. The van der Waals surface area contributed by atoms with Gasteiger partial charge in [0.25, 0.3) is 0 Å². The lowest BCUT2D eigenvalue weighted by Gasteiger charge is -2.26. The first-order valence-corrected chi connectivity index (χ1v) is 17.2. The number of hydrogen-bond acceptors (Lipinski definition) is 2. The van der Waals surface area contributed by atoms with Crippen molar-refractivity contribution in [1.29, 1.82) is 0 Å². The van der Waals surface area contributed by atoms with Gasteiger partial charge in [0.05, 0.1) is 0 Å². The van der Waals surface area contributed by atoms with Crippen LogP contribution in [-0.4, -0.2) is 0 Å². The number of rotatable bonds is 4. The van der Waals surface area contributed by atoms with Crippen LogP contribution < -0.4 is 4.90 Å². The normalized spacial score (nSPS) is 11.8. The molecule has 0 aliphatic rings. The predicted molar refractivity (Wildman–Crippen MR) is 209 cm³/mol. The minimum Gasteiger partial charge on any atom is -0.310 e. The van der Waals surface area contributed by atoms with E-state index in [-0.39, 0.29) is 0 Å². The molecule has 224 valence electrons. The number of fused-ring (bicyclic) bond motifs is 9. The summed E-state index contributed by atoms with van der Waals surface area (Å²) in [4.78, 5) is 2.41. The van der Waals surface area contributed by atoms with Gasteiger partial charge in [-0.2, -0.15) is 0 Å². The summed E-state index contributed by atoms with van der Waals surface area (Å²) >= 11 is 1.89. The lowest BCUT2D eigenvalue weighted by Crippen LogP contribution is -2.09. The molecule has 10 aromatic rings. The zero-order chi connectivity index (χ0) is 31.6. The summed E-state index contributed by atoms with van der Waals surface area (Å²) in [6.45, 7) is 0. The lowest BCUT2D eigenvalue weighted by atomic mass is 9.98. The van der Waals surface area contributed by atoms with Gasteiger partial charge >= 0.3 is 0 Å². The average molecular weight is 628 g/mol. The summed E-state index contributed by atoms with van der Waals surface area (Å²) < 4.78 is 2.66. The summed E-state index contributed by atoms with van der Waals surface area (Å²) in [6, 6.07) is 64.5. The smallest absolute Gasteiger partial charge is 0.0468 e. The highest BCUT2D eigenvalue weighted by atomic mass is 32.1. The largest absolute Gasteiger partial charge is 0.310 e. The zero-order valence-electron chi connectivity index (χ0n) is 26.1. The Morgan fingerprint density at radius 2 is 0.896 bits per heavy atom. The van der Waals surface area contributed by atoms with Crippen molar-refractivity contribution in [2.45, 2.75) is 0 Å². The monoisotopic (exact) mass is 627 g/mol. The van der Waals surface area contributed by atoms with Gasteiger partial charge in [-0.05, 0) is 96.7 Å². The molecule has 10 rings (SSSR count). The Morgan fingerprint density at radius 3 is 1.73 bits per heavy atom. The molecular weight excluding hydrogens is 599 g/mol. The second-order valence-electron chi connectivity index (χ2n) is 12.5. The molecule has 0 aliphatic carbocycles. The summed E-state index contributed by atoms with van der Waals surface area (Å²) in [5.41, 5.74) is 5.88. The number of nitrogens with zero attached hydrogens (tertiary/aromatic N) is 1. The fourth-order valence-corrected chi connectivity index (χ4v) is 8.70. The molecule has 0 saturated carbocycles. The molecule has 0 atom stereocenters. The predicted octanol–water partition coefficient (Wildman–Crippen LogP) is 13.8. The number of hydrogen-bond donors (Lipinski definition) is 0. The molecule has 0 spiro atoms. The Bertz CT molecular complexity index is 2840. The Balaban J connectivity index is 1.16. The van der Waals surface area contributed by atoms with E-state index in [0.29, 0.717) is 0 Å². The van der Waals surface area contributed by atoms with Crippen LogP contribution in [0.3, 0.4) is 0 Å². The molecule has 1 nitrogen and oxygen atoms in total. The minimum absolute atomic E-state index is 1.13. The van der Waals surface area contributed by atoms with Crippen molar-refractivity contribution in [2.75, 3.05) is 4.90 Å². The van der Waals surface area contributed by atoms with Crippen molar-refractivity contribution >= 4 is 91.7 Å². The maximum absolute atomic E-state index is 2.41. The highest BCUT2D eigenvalue weighted by Crippen LogP contribution is 2.44. The molecular formula is C46H29NS. The molecule has 48 heavy (non-hydrogen) atoms. The van der Waals surface area contributed by atoms with Crippen molar-refractivity contribution in [3.63, 3.8) is 0 Å². The first-order valence-electron chi connectivity index (χ1n) is 16.4. The summed E-state index contributed by atoms with van der Waals surface area (Å²) in [6.07, 6.45) is 0. The second kappa shape index (κ2) is 10.8. The first kappa shape index (κ1) is 27.2. The van der Waals surface area contributed by atoms with Crippen LogP contribution in [-0.2, 0) is 0 Å². The number of anilines is 3. The van der Waals surface area contributed by atoms with Gasteiger partial charge in [-0.25, -0.2) is 0 Å². The summed E-state index contributed by atoms with van der Waals surface area (Å²) in [7, 11) is 0. The first-order chi connectivity index (χ1) is 23.8. The fourth-order valence-electron chi connectivity index (χ4n) is 7.49. The van der Waals surface area contributed by atoms with E-state index in [1.165, 1.54) is 74.4 Å². The molecule has 0 bridgehead atoms. The Kier molecular flexibility index (Phi) is 6.12. The Hall–Kier alpha value is -5.96. The fraction of sp³-hybridized carbons (Fsp3) is 0. The number of benzene rings is 9. The van der Waals surface area contributed by atoms with Crippen molar-refractivity contribution in [2.24, 2.45) is 0 Å². The van der Waals surface area contributed by atoms with Crippen LogP contribution in [0.15, 0.2) is 176 Å². The van der Waals surface area contributed by atoms with E-state index in [9.17, 15) is 0 Å². The second-order valence-corrected chi connectivity index (χ2v) is 13.6. The van der Waals surface area contributed by atoms with E-state index in [0.717, 1.165) is 17.1 Å². The molecule has 0 saturated heterocycles. The maximum Gasteiger partial charge on any atom is 0.0468 e. The van der Waals surface area contributed by atoms with Crippen LogP contribution in [0.25, 0.3) is 74.4 Å². The van der Waals surface area contributed by atoms with Crippen molar-refractivity contribution in [3.05, 3.63) is 176 Å². The molecule has 0 N–H and O–H groups in total. The Labute approximate surface area is 282 Å². The molecule has 9 aromatic carbocycles. The van der Waals surface area contributed by atoms with Crippen LogP contribution in [0.1, 0.15) is 0 Å². The van der Waals surface area contributed by atoms with Gasteiger partial charge in [0.2, 0.25) is 0 Å². The molecule has 1 aromatic heterocycles. The van der Waals surface area contributed by atoms with Crippen molar-refractivity contribution in [1.82, 2.24) is 0 Å². The molecule has 0 fully saturated rings. The molecule has 0 unspecified atom stereocenters. The third kappa shape index (κ3) is 4.31. The average Bonchev–Trinajstić information content (AvgIpc) is 3.53. The van der Waals surface area contributed by atoms with Gasteiger partial charge in [-0.15, -0.1) is 11.3 Å². The van der Waals surface area contributed by atoms with Crippen molar-refractivity contribution < 1.29 is 0 Å². The zero-order valence-corrected chi connectivity index (χ0v) is 26.9. The highest BCUT2D eigenvalue weighted by Gasteiger charge is 2.17. The van der Waals surface area contributed by atoms with Gasteiger partial charge in [0, 0.05) is 37.2 Å². The quantitative estimate of drug-likeness (QED) is 0.176. The van der Waals surface area contributed by atoms with E-state index in [4.69, 9.17) is 0 Å². The lowest BCUT2D eigenvalue weighted by molar-refractivity contribution is 1.30. The van der Waals surface area contributed by atoms with Crippen LogP contribution >= 0.6 is 11.3 Å². The van der Waals surface area contributed by atoms with E-state index < -0.39 is 0 Å².